The predicted molar refractivity (Wildman–Crippen MR) is 145 cm³/mol. The number of ketones is 1. The second-order valence-electron chi connectivity index (χ2n) is 8.06. The fraction of sp³-hybridized carbons (Fsp3) is 0.179. The first-order chi connectivity index (χ1) is 16.6. The van der Waals surface area contributed by atoms with Crippen LogP contribution in [0.1, 0.15) is 28.7 Å². The summed E-state index contributed by atoms with van der Waals surface area (Å²) < 4.78 is 0. The third-order valence-corrected chi connectivity index (χ3v) is 5.60. The number of benzene rings is 3. The lowest BCUT2D eigenvalue weighted by molar-refractivity contribution is -0.118. The van der Waals surface area contributed by atoms with E-state index >= 15 is 0 Å². The highest BCUT2D eigenvalue weighted by molar-refractivity contribution is 7.59. The Hall–Kier alpha value is -3.52. The molecule has 1 aliphatic rings. The number of carbonyl (C=O) groups excluding carboxylic acids is 2. The number of para-hydroxylation sites is 1. The Balaban J connectivity index is 0.00000342. The Bertz CT molecular complexity index is 1210. The van der Waals surface area contributed by atoms with Crippen molar-refractivity contribution in [1.29, 1.82) is 0 Å². The quantitative estimate of drug-likeness (QED) is 0.317. The normalized spacial score (nSPS) is 14.9. The molecule has 0 bridgehead atoms. The van der Waals surface area contributed by atoms with Gasteiger partial charge in [-0.1, -0.05) is 78.9 Å². The van der Waals surface area contributed by atoms with Gasteiger partial charge < -0.3 is 15.7 Å². The maximum atomic E-state index is 12.9. The molecule has 1 heterocycles. The molecule has 35 heavy (non-hydrogen) atoms. The van der Waals surface area contributed by atoms with Crippen molar-refractivity contribution in [3.63, 3.8) is 0 Å². The highest BCUT2D eigenvalue weighted by Gasteiger charge is 2.25. The molecule has 3 aromatic carbocycles. The highest BCUT2D eigenvalue weighted by atomic mass is 32.1. The maximum Gasteiger partial charge on any atom is 0.249 e. The number of aliphatic hydroxyl groups excluding tert-OH is 1. The van der Waals surface area contributed by atoms with Crippen LogP contribution < -0.4 is 10.6 Å². The van der Waals surface area contributed by atoms with Crippen molar-refractivity contribution in [2.75, 3.05) is 18.5 Å². The summed E-state index contributed by atoms with van der Waals surface area (Å²) in [6.07, 6.45) is 3.62. The van der Waals surface area contributed by atoms with Gasteiger partial charge in [-0.2, -0.15) is 13.5 Å². The zero-order valence-electron chi connectivity index (χ0n) is 19.3. The number of rotatable bonds is 9. The largest absolute Gasteiger partial charge is 0.388 e. The van der Waals surface area contributed by atoms with Gasteiger partial charge in [-0.3, -0.25) is 14.6 Å². The van der Waals surface area contributed by atoms with Crippen LogP contribution >= 0.6 is 13.5 Å². The van der Waals surface area contributed by atoms with Crippen LogP contribution in [0.5, 0.6) is 0 Å². The van der Waals surface area contributed by atoms with Gasteiger partial charge in [0.05, 0.1) is 11.4 Å². The molecule has 0 radical (unpaired) electrons. The van der Waals surface area contributed by atoms with Gasteiger partial charge >= 0.3 is 0 Å². The Labute approximate surface area is 212 Å². The highest BCUT2D eigenvalue weighted by Crippen LogP contribution is 2.24. The summed E-state index contributed by atoms with van der Waals surface area (Å²) in [7, 11) is 0. The van der Waals surface area contributed by atoms with Gasteiger partial charge in [0, 0.05) is 17.7 Å². The van der Waals surface area contributed by atoms with Gasteiger partial charge in [0.15, 0.2) is 5.78 Å². The molecule has 3 aromatic rings. The van der Waals surface area contributed by atoms with Crippen LogP contribution in [-0.2, 0) is 16.1 Å². The van der Waals surface area contributed by atoms with E-state index < -0.39 is 12.6 Å². The Morgan fingerprint density at radius 1 is 1.00 bits per heavy atom. The molecule has 1 atom stereocenters. The van der Waals surface area contributed by atoms with Crippen LogP contribution in [0.2, 0.25) is 0 Å². The zero-order chi connectivity index (χ0) is 23.8. The van der Waals surface area contributed by atoms with Crippen molar-refractivity contribution >= 4 is 42.7 Å². The van der Waals surface area contributed by atoms with Gasteiger partial charge in [0.2, 0.25) is 5.91 Å². The van der Waals surface area contributed by atoms with Gasteiger partial charge in [0.1, 0.15) is 12.6 Å². The molecule has 180 valence electrons. The van der Waals surface area contributed by atoms with Crippen molar-refractivity contribution in [2.45, 2.75) is 19.0 Å². The van der Waals surface area contributed by atoms with Crippen LogP contribution in [0.15, 0.2) is 89.9 Å². The molecule has 4 rings (SSSR count). The minimum Gasteiger partial charge on any atom is -0.388 e. The third-order valence-electron chi connectivity index (χ3n) is 5.60. The van der Waals surface area contributed by atoms with E-state index in [4.69, 9.17) is 10.1 Å². The molecule has 0 aliphatic carbocycles. The van der Waals surface area contributed by atoms with Crippen LogP contribution in [-0.4, -0.2) is 41.7 Å². The van der Waals surface area contributed by atoms with E-state index in [1.165, 1.54) is 6.08 Å². The minimum absolute atomic E-state index is 0. The van der Waals surface area contributed by atoms with Crippen molar-refractivity contribution in [2.24, 2.45) is 4.99 Å². The molecule has 0 fully saturated rings. The SMILES string of the molecule is O=C(/C=C/c1ccc(CNCCC2N=C(c3ccccc3)c3ccccc3NC2=O)cc1)CO.S. The first-order valence-electron chi connectivity index (χ1n) is 11.3. The average molecular weight is 488 g/mol. The fourth-order valence-electron chi connectivity index (χ4n) is 3.78. The Kier molecular flexibility index (Phi) is 9.55. The number of benzodiazepines with no additional fused rings is 1. The second kappa shape index (κ2) is 12.8. The summed E-state index contributed by atoms with van der Waals surface area (Å²) >= 11 is 0. The van der Waals surface area contributed by atoms with E-state index in [2.05, 4.69) is 10.6 Å². The summed E-state index contributed by atoms with van der Waals surface area (Å²) in [6.45, 7) is 0.802. The molecule has 0 saturated carbocycles. The van der Waals surface area contributed by atoms with E-state index in [1.54, 1.807) is 6.08 Å². The molecule has 0 aromatic heterocycles. The van der Waals surface area contributed by atoms with E-state index in [0.717, 1.165) is 33.7 Å². The molecule has 7 heteroatoms. The maximum absolute atomic E-state index is 12.9. The second-order valence-corrected chi connectivity index (χ2v) is 8.06. The molecule has 0 saturated heterocycles. The number of aliphatic imine (C=N–C) groups is 1. The smallest absolute Gasteiger partial charge is 0.249 e. The average Bonchev–Trinajstić information content (AvgIpc) is 3.02. The number of fused-ring (bicyclic) bond motifs is 1. The summed E-state index contributed by atoms with van der Waals surface area (Å²) in [5.41, 5.74) is 5.50. The molecule has 1 aliphatic heterocycles. The van der Waals surface area contributed by atoms with Crippen LogP contribution in [0, 0.1) is 0 Å². The number of hydrogen-bond acceptors (Lipinski definition) is 5. The summed E-state index contributed by atoms with van der Waals surface area (Å²) in [6, 6.07) is 25.0. The number of carbonyl (C=O) groups is 2. The summed E-state index contributed by atoms with van der Waals surface area (Å²) in [5, 5.41) is 15.2. The molecule has 1 amide bonds. The van der Waals surface area contributed by atoms with Gasteiger partial charge in [-0.15, -0.1) is 0 Å². The Morgan fingerprint density at radius 3 is 2.46 bits per heavy atom. The number of aliphatic hydroxyl groups is 1. The lowest BCUT2D eigenvalue weighted by Gasteiger charge is -2.12. The van der Waals surface area contributed by atoms with E-state index in [9.17, 15) is 9.59 Å². The lowest BCUT2D eigenvalue weighted by atomic mass is 10.0. The standard InChI is InChI=1S/C28H27N3O3.H2S/c32-19-23(33)15-14-20-10-12-21(13-11-20)18-29-17-16-26-28(34)31-25-9-5-4-8-24(25)27(30-26)22-6-2-1-3-7-22;/h1-15,26,29,32H,16-19H2,(H,31,34);1H2/b15-14+;. The van der Waals surface area contributed by atoms with Crippen molar-refractivity contribution in [3.05, 3.63) is 107 Å². The number of nitrogens with one attached hydrogen (secondary N) is 2. The Morgan fingerprint density at radius 2 is 1.71 bits per heavy atom. The first-order valence-corrected chi connectivity index (χ1v) is 11.3. The number of anilines is 1. The fourth-order valence-corrected chi connectivity index (χ4v) is 3.78. The molecular formula is C28H29N3O3S. The predicted octanol–water partition coefficient (Wildman–Crippen LogP) is 3.71. The molecule has 6 nitrogen and oxygen atoms in total. The molecule has 0 spiro atoms. The van der Waals surface area contributed by atoms with Crippen LogP contribution in [0.3, 0.4) is 0 Å². The van der Waals surface area contributed by atoms with Gasteiger partial charge in [-0.05, 0) is 36.2 Å². The van der Waals surface area contributed by atoms with Gasteiger partial charge in [0.25, 0.3) is 0 Å². The van der Waals surface area contributed by atoms with E-state index in [1.807, 2.05) is 78.9 Å². The third kappa shape index (κ3) is 6.99. The number of nitrogens with zero attached hydrogens (tertiary/aromatic N) is 1. The molecular weight excluding hydrogens is 458 g/mol. The molecule has 3 N–H and O–H groups in total. The summed E-state index contributed by atoms with van der Waals surface area (Å²) in [4.78, 5) is 29.0. The van der Waals surface area contributed by atoms with Crippen LogP contribution in [0.4, 0.5) is 5.69 Å². The van der Waals surface area contributed by atoms with E-state index in [0.29, 0.717) is 19.5 Å². The van der Waals surface area contributed by atoms with Gasteiger partial charge in [-0.25, -0.2) is 0 Å². The van der Waals surface area contributed by atoms with E-state index in [-0.39, 0.29) is 25.2 Å². The molecule has 1 unspecified atom stereocenters. The summed E-state index contributed by atoms with van der Waals surface area (Å²) in [5.74, 6) is -0.428. The van der Waals surface area contributed by atoms with Crippen LogP contribution in [0.25, 0.3) is 6.08 Å². The topological polar surface area (TPSA) is 90.8 Å². The van der Waals surface area contributed by atoms with Crippen molar-refractivity contribution < 1.29 is 14.7 Å². The zero-order valence-corrected chi connectivity index (χ0v) is 20.3. The monoisotopic (exact) mass is 487 g/mol. The lowest BCUT2D eigenvalue weighted by Crippen LogP contribution is -2.29. The first kappa shape index (κ1) is 26.1. The van der Waals surface area contributed by atoms with Crippen molar-refractivity contribution in [3.8, 4) is 0 Å². The number of hydrogen-bond donors (Lipinski definition) is 3. The number of amides is 1. The minimum atomic E-state index is -0.494. The van der Waals surface area contributed by atoms with Crippen molar-refractivity contribution in [1.82, 2.24) is 5.32 Å².